The molecule has 1 saturated heterocycles. The molecule has 0 aliphatic carbocycles. The van der Waals surface area contributed by atoms with E-state index in [2.05, 4.69) is 11.2 Å². The molecule has 1 aromatic rings. The van der Waals surface area contributed by atoms with Gasteiger partial charge in [0.05, 0.1) is 0 Å². The van der Waals surface area contributed by atoms with Gasteiger partial charge in [-0.25, -0.2) is 0 Å². The molecule has 2 heteroatoms. The lowest BCUT2D eigenvalue weighted by Gasteiger charge is -2.38. The smallest absolute Gasteiger partial charge is 0.114 e. The molecule has 0 unspecified atom stereocenters. The molecule has 0 atom stereocenters. The number of hydrogen-bond acceptors (Lipinski definition) is 2. The first-order chi connectivity index (χ1) is 6.24. The van der Waals surface area contributed by atoms with Gasteiger partial charge in [0, 0.05) is 18.7 Å². The van der Waals surface area contributed by atoms with Crippen LogP contribution in [-0.2, 0) is 5.60 Å². The van der Waals surface area contributed by atoms with Crippen LogP contribution in [-0.4, -0.2) is 18.2 Å². The lowest BCUT2D eigenvalue weighted by molar-refractivity contribution is -0.0146. The Morgan fingerprint density at radius 1 is 1.46 bits per heavy atom. The molecule has 1 heterocycles. The van der Waals surface area contributed by atoms with Gasteiger partial charge in [-0.2, -0.15) is 0 Å². The van der Waals surface area contributed by atoms with Gasteiger partial charge in [0.25, 0.3) is 0 Å². The summed E-state index contributed by atoms with van der Waals surface area (Å²) in [7, 11) is 0. The molecule has 1 fully saturated rings. The maximum absolute atomic E-state index is 9.97. The zero-order chi connectivity index (χ0) is 9.31. The average Bonchev–Trinajstić information content (AvgIpc) is 2.14. The number of hydrogen-bond donors (Lipinski definition) is 2. The molecule has 0 bridgehead atoms. The number of nitrogens with one attached hydrogen (secondary N) is 1. The normalized spacial score (nSPS) is 18.8. The van der Waals surface area contributed by atoms with E-state index >= 15 is 0 Å². The highest BCUT2D eigenvalue weighted by molar-refractivity contribution is 5.38. The Kier molecular flexibility index (Phi) is 1.84. The van der Waals surface area contributed by atoms with Crippen molar-refractivity contribution >= 4 is 0 Å². The van der Waals surface area contributed by atoms with Crippen LogP contribution in [0.2, 0.25) is 0 Å². The minimum absolute atomic E-state index is 0.612. The third-order valence-corrected chi connectivity index (χ3v) is 2.40. The molecule has 0 radical (unpaired) electrons. The molecular weight excluding hydrogens is 162 g/mol. The number of benzene rings is 1. The maximum Gasteiger partial charge on any atom is 0.114 e. The summed E-state index contributed by atoms with van der Waals surface area (Å²) in [5.41, 5.74) is 1.02. The quantitative estimate of drug-likeness (QED) is 0.605. The van der Waals surface area contributed by atoms with Gasteiger partial charge in [0.15, 0.2) is 0 Å². The van der Waals surface area contributed by atoms with Gasteiger partial charge >= 0.3 is 0 Å². The summed E-state index contributed by atoms with van der Waals surface area (Å²) >= 11 is 0. The highest BCUT2D eigenvalue weighted by Gasteiger charge is 2.35. The highest BCUT2D eigenvalue weighted by Crippen LogP contribution is 2.25. The van der Waals surface area contributed by atoms with Crippen molar-refractivity contribution in [2.24, 2.45) is 0 Å². The van der Waals surface area contributed by atoms with E-state index in [0.717, 1.165) is 11.1 Å². The summed E-state index contributed by atoms with van der Waals surface area (Å²) in [5.74, 6) is 2.56. The van der Waals surface area contributed by atoms with E-state index in [1.807, 2.05) is 24.3 Å². The van der Waals surface area contributed by atoms with Gasteiger partial charge in [0.1, 0.15) is 5.60 Å². The molecule has 0 amide bonds. The van der Waals surface area contributed by atoms with Crippen LogP contribution in [0.3, 0.4) is 0 Å². The van der Waals surface area contributed by atoms with E-state index in [1.54, 1.807) is 0 Å². The Hall–Kier alpha value is -1.30. The van der Waals surface area contributed by atoms with Gasteiger partial charge in [-0.1, -0.05) is 18.1 Å². The Labute approximate surface area is 77.6 Å². The second-order valence-corrected chi connectivity index (χ2v) is 3.36. The van der Waals surface area contributed by atoms with Gasteiger partial charge in [-0.3, -0.25) is 0 Å². The van der Waals surface area contributed by atoms with Crippen LogP contribution in [0.4, 0.5) is 0 Å². The second kappa shape index (κ2) is 2.88. The summed E-state index contributed by atoms with van der Waals surface area (Å²) in [6.45, 7) is 1.22. The average molecular weight is 173 g/mol. The van der Waals surface area contributed by atoms with Crippen molar-refractivity contribution in [1.82, 2.24) is 5.32 Å². The van der Waals surface area contributed by atoms with Crippen molar-refractivity contribution in [2.75, 3.05) is 13.1 Å². The number of aliphatic hydroxyl groups is 1. The van der Waals surface area contributed by atoms with Gasteiger partial charge in [-0.15, -0.1) is 6.42 Å². The third kappa shape index (κ3) is 1.33. The van der Waals surface area contributed by atoms with Crippen molar-refractivity contribution in [1.29, 1.82) is 0 Å². The van der Waals surface area contributed by atoms with Crippen molar-refractivity contribution in [2.45, 2.75) is 5.60 Å². The van der Waals surface area contributed by atoms with E-state index in [1.165, 1.54) is 0 Å². The monoisotopic (exact) mass is 173 g/mol. The lowest BCUT2D eigenvalue weighted by atomic mass is 9.87. The molecule has 66 valence electrons. The molecule has 0 saturated carbocycles. The number of β-amino-alcohol motifs (C(OH)–C–C–N with tert-alkyl or cyclic N) is 1. The molecule has 1 aromatic carbocycles. The zero-order valence-electron chi connectivity index (χ0n) is 7.25. The Morgan fingerprint density at radius 3 is 2.77 bits per heavy atom. The zero-order valence-corrected chi connectivity index (χ0v) is 7.25. The largest absolute Gasteiger partial charge is 0.382 e. The molecule has 0 spiro atoms. The highest BCUT2D eigenvalue weighted by atomic mass is 16.3. The fourth-order valence-electron chi connectivity index (χ4n) is 1.46. The minimum Gasteiger partial charge on any atom is -0.382 e. The SMILES string of the molecule is C#Cc1cccc(C2(O)CNC2)c1. The molecule has 13 heavy (non-hydrogen) atoms. The van der Waals surface area contributed by atoms with E-state index in [9.17, 15) is 5.11 Å². The molecule has 1 aliphatic heterocycles. The molecule has 1 aliphatic rings. The third-order valence-electron chi connectivity index (χ3n) is 2.40. The Balaban J connectivity index is 2.36. The van der Waals surface area contributed by atoms with Gasteiger partial charge < -0.3 is 10.4 Å². The van der Waals surface area contributed by atoms with E-state index < -0.39 is 5.60 Å². The first-order valence-corrected chi connectivity index (χ1v) is 4.25. The van der Waals surface area contributed by atoms with Crippen LogP contribution in [0.1, 0.15) is 11.1 Å². The predicted molar refractivity (Wildman–Crippen MR) is 51.1 cm³/mol. The van der Waals surface area contributed by atoms with E-state index in [0.29, 0.717) is 13.1 Å². The number of rotatable bonds is 1. The summed E-state index contributed by atoms with van der Waals surface area (Å²) in [4.78, 5) is 0. The summed E-state index contributed by atoms with van der Waals surface area (Å²) in [6.07, 6.45) is 5.27. The molecule has 2 N–H and O–H groups in total. The van der Waals surface area contributed by atoms with Crippen LogP contribution in [0.25, 0.3) is 0 Å². The van der Waals surface area contributed by atoms with Gasteiger partial charge in [0.2, 0.25) is 0 Å². The van der Waals surface area contributed by atoms with Gasteiger partial charge in [-0.05, 0) is 17.7 Å². The second-order valence-electron chi connectivity index (χ2n) is 3.36. The van der Waals surface area contributed by atoms with E-state index in [-0.39, 0.29) is 0 Å². The fraction of sp³-hybridized carbons (Fsp3) is 0.273. The standard InChI is InChI=1S/C11H11NO/c1-2-9-4-3-5-10(6-9)11(13)7-12-8-11/h1,3-6,12-13H,7-8H2. The summed E-state index contributed by atoms with van der Waals surface area (Å²) in [6, 6.07) is 7.50. The van der Waals surface area contributed by atoms with Crippen molar-refractivity contribution in [3.8, 4) is 12.3 Å². The van der Waals surface area contributed by atoms with Crippen LogP contribution in [0.5, 0.6) is 0 Å². The molecule has 2 rings (SSSR count). The van der Waals surface area contributed by atoms with Crippen molar-refractivity contribution in [3.63, 3.8) is 0 Å². The Bertz CT molecular complexity index is 361. The molecule has 2 nitrogen and oxygen atoms in total. The van der Waals surface area contributed by atoms with Crippen LogP contribution < -0.4 is 5.32 Å². The van der Waals surface area contributed by atoms with Crippen LogP contribution in [0, 0.1) is 12.3 Å². The fourth-order valence-corrected chi connectivity index (χ4v) is 1.46. The minimum atomic E-state index is -0.702. The predicted octanol–water partition coefficient (Wildman–Crippen LogP) is 0.459. The van der Waals surface area contributed by atoms with Crippen LogP contribution in [0.15, 0.2) is 24.3 Å². The van der Waals surface area contributed by atoms with Crippen LogP contribution >= 0.6 is 0 Å². The lowest BCUT2D eigenvalue weighted by Crippen LogP contribution is -2.56. The van der Waals surface area contributed by atoms with Crippen molar-refractivity contribution < 1.29 is 5.11 Å². The Morgan fingerprint density at radius 2 is 2.23 bits per heavy atom. The first kappa shape index (κ1) is 8.31. The summed E-state index contributed by atoms with van der Waals surface area (Å²) < 4.78 is 0. The topological polar surface area (TPSA) is 32.3 Å². The molecular formula is C11H11NO. The molecule has 0 aromatic heterocycles. The number of terminal acetylenes is 1. The summed E-state index contributed by atoms with van der Waals surface area (Å²) in [5, 5.41) is 13.0. The maximum atomic E-state index is 9.97. The van der Waals surface area contributed by atoms with Crippen molar-refractivity contribution in [3.05, 3.63) is 35.4 Å². The first-order valence-electron chi connectivity index (χ1n) is 4.25. The van der Waals surface area contributed by atoms with E-state index in [4.69, 9.17) is 6.42 Å².